The fourth-order valence-corrected chi connectivity index (χ4v) is 2.21. The van der Waals surface area contributed by atoms with Crippen molar-refractivity contribution < 1.29 is 14.0 Å². The number of carbonyl (C=O) groups excluding carboxylic acids is 2. The van der Waals surface area contributed by atoms with Crippen LogP contribution in [-0.4, -0.2) is 11.7 Å². The maximum atomic E-state index is 13.4. The Labute approximate surface area is 123 Å². The highest BCUT2D eigenvalue weighted by atomic mass is 79.9. The van der Waals surface area contributed by atoms with Crippen molar-refractivity contribution in [1.29, 1.82) is 0 Å². The molecule has 0 fully saturated rings. The van der Waals surface area contributed by atoms with Gasteiger partial charge in [0.05, 0.1) is 15.7 Å². The molecule has 0 saturated carbocycles. The van der Waals surface area contributed by atoms with E-state index in [9.17, 15) is 14.0 Å². The molecule has 2 aromatic carbocycles. The number of hydrogen-bond acceptors (Lipinski definition) is 2. The lowest BCUT2D eigenvalue weighted by atomic mass is 10.1. The molecule has 0 aliphatic rings. The first kappa shape index (κ1) is 14.4. The van der Waals surface area contributed by atoms with Crippen LogP contribution in [0.15, 0.2) is 46.9 Å². The summed E-state index contributed by atoms with van der Waals surface area (Å²) in [6.45, 7) is 1.42. The van der Waals surface area contributed by atoms with Crippen molar-refractivity contribution in [1.82, 2.24) is 0 Å². The van der Waals surface area contributed by atoms with Gasteiger partial charge < -0.3 is 5.32 Å². The average molecular weight is 336 g/mol. The molecule has 0 radical (unpaired) electrons. The van der Waals surface area contributed by atoms with E-state index >= 15 is 0 Å². The molecule has 5 heteroatoms. The zero-order valence-corrected chi connectivity index (χ0v) is 12.2. The number of hydrogen-bond donors (Lipinski definition) is 1. The minimum atomic E-state index is -0.516. The van der Waals surface area contributed by atoms with E-state index in [2.05, 4.69) is 21.2 Å². The van der Waals surface area contributed by atoms with Gasteiger partial charge in [-0.3, -0.25) is 9.59 Å². The molecule has 0 atom stereocenters. The molecule has 0 spiro atoms. The number of anilines is 1. The third-order valence-electron chi connectivity index (χ3n) is 2.75. The maximum Gasteiger partial charge on any atom is 0.256 e. The van der Waals surface area contributed by atoms with E-state index in [1.54, 1.807) is 24.3 Å². The Bertz CT molecular complexity index is 685. The zero-order chi connectivity index (χ0) is 14.7. The second-order valence-electron chi connectivity index (χ2n) is 4.16. The monoisotopic (exact) mass is 335 g/mol. The van der Waals surface area contributed by atoms with Gasteiger partial charge in [0.2, 0.25) is 0 Å². The second kappa shape index (κ2) is 5.96. The quantitative estimate of drug-likeness (QED) is 0.860. The van der Waals surface area contributed by atoms with Gasteiger partial charge in [-0.1, -0.05) is 18.2 Å². The molecule has 20 heavy (non-hydrogen) atoms. The van der Waals surface area contributed by atoms with Crippen LogP contribution in [0, 0.1) is 5.82 Å². The van der Waals surface area contributed by atoms with Crippen LogP contribution < -0.4 is 5.32 Å². The van der Waals surface area contributed by atoms with E-state index in [0.717, 1.165) is 0 Å². The molecule has 1 N–H and O–H groups in total. The van der Waals surface area contributed by atoms with Crippen LogP contribution >= 0.6 is 15.9 Å². The SMILES string of the molecule is CC(=O)c1ccccc1NC(=O)c1cccc(F)c1Br. The van der Waals surface area contributed by atoms with Gasteiger partial charge >= 0.3 is 0 Å². The topological polar surface area (TPSA) is 46.2 Å². The fraction of sp³-hybridized carbons (Fsp3) is 0.0667. The van der Waals surface area contributed by atoms with Crippen molar-refractivity contribution in [3.05, 3.63) is 63.9 Å². The van der Waals surface area contributed by atoms with Gasteiger partial charge in [0.25, 0.3) is 5.91 Å². The molecule has 102 valence electrons. The van der Waals surface area contributed by atoms with Crippen molar-refractivity contribution in [2.24, 2.45) is 0 Å². The Morgan fingerprint density at radius 3 is 2.40 bits per heavy atom. The summed E-state index contributed by atoms with van der Waals surface area (Å²) in [4.78, 5) is 23.6. The van der Waals surface area contributed by atoms with Crippen LogP contribution in [0.1, 0.15) is 27.6 Å². The highest BCUT2D eigenvalue weighted by Crippen LogP contribution is 2.23. The number of ketones is 1. The van der Waals surface area contributed by atoms with Gasteiger partial charge in [0.1, 0.15) is 5.82 Å². The van der Waals surface area contributed by atoms with Crippen LogP contribution in [-0.2, 0) is 0 Å². The van der Waals surface area contributed by atoms with Gasteiger partial charge in [-0.2, -0.15) is 0 Å². The molecule has 0 unspecified atom stereocenters. The molecule has 0 saturated heterocycles. The summed E-state index contributed by atoms with van der Waals surface area (Å²) < 4.78 is 13.5. The van der Waals surface area contributed by atoms with E-state index in [1.165, 1.54) is 25.1 Å². The van der Waals surface area contributed by atoms with Crippen molar-refractivity contribution >= 4 is 33.3 Å². The molecule has 2 rings (SSSR count). The Balaban J connectivity index is 2.33. The average Bonchev–Trinajstić information content (AvgIpc) is 2.42. The van der Waals surface area contributed by atoms with Crippen LogP contribution in [0.2, 0.25) is 0 Å². The number of para-hydroxylation sites is 1. The first-order valence-electron chi connectivity index (χ1n) is 5.86. The van der Waals surface area contributed by atoms with E-state index in [-0.39, 0.29) is 15.8 Å². The molecular weight excluding hydrogens is 325 g/mol. The highest BCUT2D eigenvalue weighted by Gasteiger charge is 2.15. The lowest BCUT2D eigenvalue weighted by Gasteiger charge is -2.10. The third-order valence-corrected chi connectivity index (χ3v) is 3.56. The Morgan fingerprint density at radius 1 is 1.05 bits per heavy atom. The second-order valence-corrected chi connectivity index (χ2v) is 4.95. The van der Waals surface area contributed by atoms with Crippen LogP contribution in [0.3, 0.4) is 0 Å². The first-order valence-corrected chi connectivity index (χ1v) is 6.65. The smallest absolute Gasteiger partial charge is 0.256 e. The maximum absolute atomic E-state index is 13.4. The van der Waals surface area contributed by atoms with Gasteiger partial charge in [-0.25, -0.2) is 4.39 Å². The fourth-order valence-electron chi connectivity index (χ4n) is 1.77. The van der Waals surface area contributed by atoms with E-state index < -0.39 is 11.7 Å². The van der Waals surface area contributed by atoms with E-state index in [0.29, 0.717) is 11.3 Å². The van der Waals surface area contributed by atoms with Crippen LogP contribution in [0.5, 0.6) is 0 Å². The summed E-state index contributed by atoms with van der Waals surface area (Å²) in [6.07, 6.45) is 0. The van der Waals surface area contributed by atoms with Crippen molar-refractivity contribution in [3.63, 3.8) is 0 Å². The number of carbonyl (C=O) groups is 2. The zero-order valence-electron chi connectivity index (χ0n) is 10.6. The standard InChI is InChI=1S/C15H11BrFNO2/c1-9(19)10-5-2-3-8-13(10)18-15(20)11-6-4-7-12(17)14(11)16/h2-8H,1H3,(H,18,20). The number of nitrogens with one attached hydrogen (secondary N) is 1. The molecule has 0 aromatic heterocycles. The number of amides is 1. The molecule has 0 heterocycles. The summed E-state index contributed by atoms with van der Waals surface area (Å²) >= 11 is 3.04. The molecule has 0 bridgehead atoms. The minimum Gasteiger partial charge on any atom is -0.321 e. The van der Waals surface area contributed by atoms with Crippen molar-refractivity contribution in [3.8, 4) is 0 Å². The summed E-state index contributed by atoms with van der Waals surface area (Å²) in [5.74, 6) is -1.15. The minimum absolute atomic E-state index is 0.0952. The molecule has 2 aromatic rings. The van der Waals surface area contributed by atoms with E-state index in [1.807, 2.05) is 0 Å². The third kappa shape index (κ3) is 2.93. The predicted molar refractivity (Wildman–Crippen MR) is 78.5 cm³/mol. The van der Waals surface area contributed by atoms with Crippen molar-refractivity contribution in [2.45, 2.75) is 6.92 Å². The molecule has 1 amide bonds. The molecular formula is C15H11BrFNO2. The Kier molecular flexibility index (Phi) is 4.29. The lowest BCUT2D eigenvalue weighted by molar-refractivity contribution is 0.101. The number of benzene rings is 2. The molecule has 0 aliphatic carbocycles. The summed E-state index contributed by atoms with van der Waals surface area (Å²) in [7, 11) is 0. The first-order chi connectivity index (χ1) is 9.50. The van der Waals surface area contributed by atoms with Gasteiger partial charge in [-0.05, 0) is 47.1 Å². The number of rotatable bonds is 3. The highest BCUT2D eigenvalue weighted by molar-refractivity contribution is 9.10. The Morgan fingerprint density at radius 2 is 1.70 bits per heavy atom. The lowest BCUT2D eigenvalue weighted by Crippen LogP contribution is -2.15. The van der Waals surface area contributed by atoms with Gasteiger partial charge in [0.15, 0.2) is 5.78 Å². The van der Waals surface area contributed by atoms with Crippen LogP contribution in [0.25, 0.3) is 0 Å². The molecule has 0 aliphatic heterocycles. The normalized spacial score (nSPS) is 10.2. The summed E-state index contributed by atoms with van der Waals surface area (Å²) in [5, 5.41) is 2.62. The van der Waals surface area contributed by atoms with Crippen molar-refractivity contribution in [2.75, 3.05) is 5.32 Å². The van der Waals surface area contributed by atoms with Gasteiger partial charge in [0, 0.05) is 5.56 Å². The number of halogens is 2. The summed E-state index contributed by atoms with van der Waals surface area (Å²) in [5.41, 5.74) is 0.984. The largest absolute Gasteiger partial charge is 0.321 e. The Hall–Kier alpha value is -2.01. The number of Topliss-reactive ketones (excluding diaryl/α,β-unsaturated/α-hetero) is 1. The van der Waals surface area contributed by atoms with Crippen LogP contribution in [0.4, 0.5) is 10.1 Å². The summed E-state index contributed by atoms with van der Waals surface area (Å²) in [6, 6.07) is 10.9. The predicted octanol–water partition coefficient (Wildman–Crippen LogP) is 4.04. The van der Waals surface area contributed by atoms with E-state index in [4.69, 9.17) is 0 Å². The van der Waals surface area contributed by atoms with Gasteiger partial charge in [-0.15, -0.1) is 0 Å². The molecule has 3 nitrogen and oxygen atoms in total.